The topological polar surface area (TPSA) is 85.8 Å². The molecule has 6 nitrogen and oxygen atoms in total. The Hall–Kier alpha value is -1.92. The monoisotopic (exact) mass is 309 g/mol. The number of rotatable bonds is 6. The van der Waals surface area contributed by atoms with E-state index in [0.29, 0.717) is 13.0 Å². The SMILES string of the molecule is CCCC(N)C(=O)NCc1cccnc1-n1ccnc1.Cl. The molecular weight excluding hydrogens is 290 g/mol. The average Bonchev–Trinajstić information content (AvgIpc) is 2.99. The number of nitrogens with zero attached hydrogens (tertiary/aromatic N) is 3. The molecule has 0 saturated heterocycles. The van der Waals surface area contributed by atoms with Crippen molar-refractivity contribution in [2.24, 2.45) is 5.73 Å². The summed E-state index contributed by atoms with van der Waals surface area (Å²) in [6.45, 7) is 2.41. The van der Waals surface area contributed by atoms with Gasteiger partial charge >= 0.3 is 0 Å². The van der Waals surface area contributed by atoms with Crippen molar-refractivity contribution in [3.8, 4) is 5.82 Å². The second kappa shape index (κ2) is 8.39. The number of nitrogens with two attached hydrogens (primary N) is 1. The van der Waals surface area contributed by atoms with Crippen LogP contribution in [0.4, 0.5) is 0 Å². The first-order valence-electron chi connectivity index (χ1n) is 6.68. The molecule has 2 rings (SSSR count). The quantitative estimate of drug-likeness (QED) is 0.845. The molecule has 2 heterocycles. The highest BCUT2D eigenvalue weighted by molar-refractivity contribution is 5.85. The van der Waals surface area contributed by atoms with E-state index in [0.717, 1.165) is 17.8 Å². The zero-order valence-corrected chi connectivity index (χ0v) is 12.7. The molecular formula is C14H20ClN5O. The summed E-state index contributed by atoms with van der Waals surface area (Å²) < 4.78 is 1.81. The summed E-state index contributed by atoms with van der Waals surface area (Å²) in [5.41, 5.74) is 6.70. The molecule has 0 spiro atoms. The predicted octanol–water partition coefficient (Wildman–Crippen LogP) is 1.43. The first-order chi connectivity index (χ1) is 9.72. The highest BCUT2D eigenvalue weighted by Crippen LogP contribution is 2.10. The third-order valence-corrected chi connectivity index (χ3v) is 3.01. The lowest BCUT2D eigenvalue weighted by Gasteiger charge is -2.13. The highest BCUT2D eigenvalue weighted by Gasteiger charge is 2.13. The molecule has 114 valence electrons. The summed E-state index contributed by atoms with van der Waals surface area (Å²) in [5, 5.41) is 2.85. The average molecular weight is 310 g/mol. The van der Waals surface area contributed by atoms with Crippen LogP contribution in [0.3, 0.4) is 0 Å². The molecule has 2 aromatic rings. The van der Waals surface area contributed by atoms with Gasteiger partial charge in [0.05, 0.1) is 6.04 Å². The van der Waals surface area contributed by atoms with E-state index in [1.165, 1.54) is 0 Å². The van der Waals surface area contributed by atoms with Crippen LogP contribution in [0.2, 0.25) is 0 Å². The second-order valence-corrected chi connectivity index (χ2v) is 4.57. The van der Waals surface area contributed by atoms with Gasteiger partial charge in [0.15, 0.2) is 0 Å². The number of amides is 1. The maximum Gasteiger partial charge on any atom is 0.237 e. The van der Waals surface area contributed by atoms with Gasteiger partial charge in [0.25, 0.3) is 0 Å². The van der Waals surface area contributed by atoms with Crippen LogP contribution in [0, 0.1) is 0 Å². The van der Waals surface area contributed by atoms with Gasteiger partial charge in [-0.2, -0.15) is 0 Å². The van der Waals surface area contributed by atoms with Gasteiger partial charge in [0, 0.05) is 30.7 Å². The molecule has 1 unspecified atom stereocenters. The lowest BCUT2D eigenvalue weighted by Crippen LogP contribution is -2.40. The number of halogens is 1. The minimum atomic E-state index is -0.451. The van der Waals surface area contributed by atoms with E-state index in [1.807, 2.05) is 29.8 Å². The Bertz CT molecular complexity index is 558. The molecule has 0 radical (unpaired) electrons. The fourth-order valence-corrected chi connectivity index (χ4v) is 1.94. The number of hydrogen-bond acceptors (Lipinski definition) is 4. The van der Waals surface area contributed by atoms with E-state index >= 15 is 0 Å². The number of aromatic nitrogens is 3. The second-order valence-electron chi connectivity index (χ2n) is 4.57. The third-order valence-electron chi connectivity index (χ3n) is 3.01. The summed E-state index contributed by atoms with van der Waals surface area (Å²) in [6, 6.07) is 3.32. The van der Waals surface area contributed by atoms with Crippen molar-refractivity contribution < 1.29 is 4.79 Å². The maximum absolute atomic E-state index is 11.8. The van der Waals surface area contributed by atoms with Crippen LogP contribution >= 0.6 is 12.4 Å². The smallest absolute Gasteiger partial charge is 0.237 e. The molecule has 0 aromatic carbocycles. The van der Waals surface area contributed by atoms with Gasteiger partial charge in [-0.15, -0.1) is 12.4 Å². The van der Waals surface area contributed by atoms with Gasteiger partial charge < -0.3 is 11.1 Å². The molecule has 1 atom stereocenters. The molecule has 0 aliphatic rings. The van der Waals surface area contributed by atoms with Crippen molar-refractivity contribution in [3.05, 3.63) is 42.6 Å². The molecule has 0 aliphatic carbocycles. The molecule has 0 saturated carbocycles. The Morgan fingerprint density at radius 1 is 1.48 bits per heavy atom. The summed E-state index contributed by atoms with van der Waals surface area (Å²) in [4.78, 5) is 20.2. The number of pyridine rings is 1. The Morgan fingerprint density at radius 2 is 2.29 bits per heavy atom. The predicted molar refractivity (Wildman–Crippen MR) is 83.3 cm³/mol. The molecule has 21 heavy (non-hydrogen) atoms. The van der Waals surface area contributed by atoms with Crippen LogP contribution < -0.4 is 11.1 Å². The fourth-order valence-electron chi connectivity index (χ4n) is 1.94. The van der Waals surface area contributed by atoms with Gasteiger partial charge in [0.1, 0.15) is 12.1 Å². The van der Waals surface area contributed by atoms with Crippen LogP contribution in [0.15, 0.2) is 37.1 Å². The van der Waals surface area contributed by atoms with Crippen LogP contribution in [0.25, 0.3) is 5.82 Å². The van der Waals surface area contributed by atoms with Crippen molar-refractivity contribution in [2.45, 2.75) is 32.4 Å². The van der Waals surface area contributed by atoms with Gasteiger partial charge in [-0.25, -0.2) is 9.97 Å². The number of imidazole rings is 1. The maximum atomic E-state index is 11.8. The normalized spacial score (nSPS) is 11.5. The molecule has 0 fully saturated rings. The molecule has 0 aliphatic heterocycles. The largest absolute Gasteiger partial charge is 0.351 e. The lowest BCUT2D eigenvalue weighted by molar-refractivity contribution is -0.122. The van der Waals surface area contributed by atoms with Gasteiger partial charge in [-0.1, -0.05) is 19.4 Å². The van der Waals surface area contributed by atoms with Crippen molar-refractivity contribution in [2.75, 3.05) is 0 Å². The lowest BCUT2D eigenvalue weighted by atomic mass is 10.1. The van der Waals surface area contributed by atoms with E-state index in [2.05, 4.69) is 15.3 Å². The summed E-state index contributed by atoms with van der Waals surface area (Å²) in [7, 11) is 0. The van der Waals surface area contributed by atoms with E-state index in [9.17, 15) is 4.79 Å². The van der Waals surface area contributed by atoms with Crippen molar-refractivity contribution in [1.29, 1.82) is 0 Å². The number of carbonyl (C=O) groups excluding carboxylic acids is 1. The van der Waals surface area contributed by atoms with Gasteiger partial charge in [-0.3, -0.25) is 9.36 Å². The van der Waals surface area contributed by atoms with E-state index < -0.39 is 6.04 Å². The van der Waals surface area contributed by atoms with Gasteiger partial charge in [0.2, 0.25) is 5.91 Å². The van der Waals surface area contributed by atoms with Crippen molar-refractivity contribution in [3.63, 3.8) is 0 Å². The van der Waals surface area contributed by atoms with Crippen molar-refractivity contribution in [1.82, 2.24) is 19.9 Å². The van der Waals surface area contributed by atoms with Crippen LogP contribution in [-0.4, -0.2) is 26.5 Å². The highest BCUT2D eigenvalue weighted by atomic mass is 35.5. The molecule has 7 heteroatoms. The molecule has 2 aromatic heterocycles. The van der Waals surface area contributed by atoms with E-state index in [-0.39, 0.29) is 18.3 Å². The van der Waals surface area contributed by atoms with E-state index in [1.54, 1.807) is 18.7 Å². The first kappa shape index (κ1) is 17.1. The zero-order valence-electron chi connectivity index (χ0n) is 11.9. The number of hydrogen-bond donors (Lipinski definition) is 2. The zero-order chi connectivity index (χ0) is 14.4. The summed E-state index contributed by atoms with van der Waals surface area (Å²) in [6.07, 6.45) is 8.47. The molecule has 0 bridgehead atoms. The molecule has 1 amide bonds. The Kier molecular flexibility index (Phi) is 6.84. The van der Waals surface area contributed by atoms with Crippen LogP contribution in [-0.2, 0) is 11.3 Å². The Morgan fingerprint density at radius 3 is 2.95 bits per heavy atom. The van der Waals surface area contributed by atoms with Crippen LogP contribution in [0.1, 0.15) is 25.3 Å². The summed E-state index contributed by atoms with van der Waals surface area (Å²) >= 11 is 0. The van der Waals surface area contributed by atoms with Gasteiger partial charge in [-0.05, 0) is 12.5 Å². The Balaban J connectivity index is 0.00000220. The van der Waals surface area contributed by atoms with E-state index in [4.69, 9.17) is 5.73 Å². The Labute approximate surface area is 130 Å². The fraction of sp³-hybridized carbons (Fsp3) is 0.357. The van der Waals surface area contributed by atoms with Crippen molar-refractivity contribution >= 4 is 18.3 Å². The summed E-state index contributed by atoms with van der Waals surface area (Å²) in [5.74, 6) is 0.627. The first-order valence-corrected chi connectivity index (χ1v) is 6.68. The number of nitrogens with one attached hydrogen (secondary N) is 1. The van der Waals surface area contributed by atoms with Crippen LogP contribution in [0.5, 0.6) is 0 Å². The minimum absolute atomic E-state index is 0. The standard InChI is InChI=1S/C14H19N5O.ClH/c1-2-4-12(15)14(20)18-9-11-5-3-6-17-13(11)19-8-7-16-10-19;/h3,5-8,10,12H,2,4,9,15H2,1H3,(H,18,20);1H. The molecule has 3 N–H and O–H groups in total. The minimum Gasteiger partial charge on any atom is -0.351 e. The third kappa shape index (κ3) is 4.54. The number of carbonyl (C=O) groups is 1.